The fraction of sp³-hybridized carbons (Fsp3) is 0.364. The number of hydrogen-bond acceptors (Lipinski definition) is 2. The molecule has 0 saturated heterocycles. The van der Waals surface area contributed by atoms with Gasteiger partial charge in [-0.3, -0.25) is 4.79 Å². The lowest BCUT2D eigenvalue weighted by atomic mass is 10.1. The van der Waals surface area contributed by atoms with Crippen LogP contribution in [0.3, 0.4) is 0 Å². The number of benzene rings is 1. The summed E-state index contributed by atoms with van der Waals surface area (Å²) < 4.78 is 37.6. The molecule has 1 amide bonds. The van der Waals surface area contributed by atoms with Gasteiger partial charge in [0.15, 0.2) is 0 Å². The van der Waals surface area contributed by atoms with E-state index < -0.39 is 11.7 Å². The van der Waals surface area contributed by atoms with Crippen molar-refractivity contribution in [1.82, 2.24) is 0 Å². The number of rotatable bonds is 2. The Balaban J connectivity index is 2.42. The molecule has 0 radical (unpaired) electrons. The molecule has 0 aromatic heterocycles. The molecule has 0 saturated carbocycles. The van der Waals surface area contributed by atoms with Gasteiger partial charge < -0.3 is 10.6 Å². The normalized spacial score (nSPS) is 15.3. The lowest BCUT2D eigenvalue weighted by molar-refractivity contribution is -0.137. The van der Waals surface area contributed by atoms with E-state index in [0.717, 1.165) is 12.1 Å². The van der Waals surface area contributed by atoms with Crippen molar-refractivity contribution in [3.05, 3.63) is 29.3 Å². The fourth-order valence-electron chi connectivity index (χ4n) is 1.91. The zero-order valence-corrected chi connectivity index (χ0v) is 8.92. The Morgan fingerprint density at radius 1 is 1.35 bits per heavy atom. The Morgan fingerprint density at radius 3 is 2.65 bits per heavy atom. The lowest BCUT2D eigenvalue weighted by Gasteiger charge is -2.17. The quantitative estimate of drug-likeness (QED) is 0.858. The first-order valence-electron chi connectivity index (χ1n) is 5.14. The molecular weight excluding hydrogens is 233 g/mol. The summed E-state index contributed by atoms with van der Waals surface area (Å²) in [5.41, 5.74) is 5.54. The molecule has 2 N–H and O–H groups in total. The van der Waals surface area contributed by atoms with E-state index in [1.807, 2.05) is 0 Å². The lowest BCUT2D eigenvalue weighted by Crippen LogP contribution is -2.32. The monoisotopic (exact) mass is 244 g/mol. The summed E-state index contributed by atoms with van der Waals surface area (Å²) in [6.07, 6.45) is -4.25. The Labute approximate surface area is 96.0 Å². The highest BCUT2D eigenvalue weighted by Crippen LogP contribution is 2.36. The average molecular weight is 244 g/mol. The van der Waals surface area contributed by atoms with Gasteiger partial charge in [0, 0.05) is 18.8 Å². The van der Waals surface area contributed by atoms with Crippen LogP contribution in [-0.2, 0) is 17.4 Å². The first kappa shape index (κ1) is 11.9. The number of hydrogen-bond donors (Lipinski definition) is 1. The molecule has 2 rings (SSSR count). The summed E-state index contributed by atoms with van der Waals surface area (Å²) in [5, 5.41) is 0. The molecule has 6 heteroatoms. The summed E-state index contributed by atoms with van der Waals surface area (Å²) in [6.45, 7) is 0.467. The SMILES string of the molecule is NCCN1C(=O)Cc2ccc(C(F)(F)F)cc21. The molecule has 0 fully saturated rings. The Kier molecular flexibility index (Phi) is 2.82. The fourth-order valence-corrected chi connectivity index (χ4v) is 1.91. The van der Waals surface area contributed by atoms with E-state index >= 15 is 0 Å². The maximum atomic E-state index is 12.5. The number of carbonyl (C=O) groups excluding carboxylic acids is 1. The number of fused-ring (bicyclic) bond motifs is 1. The number of carbonyl (C=O) groups is 1. The van der Waals surface area contributed by atoms with E-state index in [4.69, 9.17) is 5.73 Å². The molecule has 92 valence electrons. The van der Waals surface area contributed by atoms with Crippen LogP contribution in [0.4, 0.5) is 18.9 Å². The second kappa shape index (κ2) is 4.03. The third-order valence-electron chi connectivity index (χ3n) is 2.70. The van der Waals surface area contributed by atoms with Gasteiger partial charge in [-0.05, 0) is 17.7 Å². The highest BCUT2D eigenvalue weighted by Gasteiger charge is 2.34. The van der Waals surface area contributed by atoms with Crippen molar-refractivity contribution in [3.8, 4) is 0 Å². The van der Waals surface area contributed by atoms with Gasteiger partial charge in [0.05, 0.1) is 12.0 Å². The van der Waals surface area contributed by atoms with Crippen LogP contribution in [-0.4, -0.2) is 19.0 Å². The topological polar surface area (TPSA) is 46.3 Å². The number of nitrogens with two attached hydrogens (primary N) is 1. The van der Waals surface area contributed by atoms with Crippen LogP contribution >= 0.6 is 0 Å². The summed E-state index contributed by atoms with van der Waals surface area (Å²) >= 11 is 0. The minimum Gasteiger partial charge on any atom is -0.329 e. The molecule has 0 spiro atoms. The van der Waals surface area contributed by atoms with E-state index in [1.165, 1.54) is 11.0 Å². The first-order valence-corrected chi connectivity index (χ1v) is 5.14. The first-order chi connectivity index (χ1) is 7.93. The molecule has 0 unspecified atom stereocenters. The number of nitrogens with zero attached hydrogens (tertiary/aromatic N) is 1. The van der Waals surface area contributed by atoms with Gasteiger partial charge in [-0.15, -0.1) is 0 Å². The number of halogens is 3. The summed E-state index contributed by atoms with van der Waals surface area (Å²) in [4.78, 5) is 12.9. The maximum Gasteiger partial charge on any atom is 0.416 e. The molecule has 17 heavy (non-hydrogen) atoms. The molecular formula is C11H11F3N2O. The van der Waals surface area contributed by atoms with E-state index in [2.05, 4.69) is 0 Å². The number of alkyl halides is 3. The molecule has 3 nitrogen and oxygen atoms in total. The van der Waals surface area contributed by atoms with E-state index in [0.29, 0.717) is 11.3 Å². The number of amides is 1. The largest absolute Gasteiger partial charge is 0.416 e. The molecule has 1 aliphatic heterocycles. The molecule has 1 aromatic carbocycles. The molecule has 1 aliphatic rings. The third-order valence-corrected chi connectivity index (χ3v) is 2.70. The average Bonchev–Trinajstić information content (AvgIpc) is 2.54. The van der Waals surface area contributed by atoms with Gasteiger partial charge in [-0.25, -0.2) is 0 Å². The predicted octanol–water partition coefficient (Wildman–Crippen LogP) is 1.55. The minimum absolute atomic E-state index is 0.146. The maximum absolute atomic E-state index is 12.5. The van der Waals surface area contributed by atoms with Crippen molar-refractivity contribution in [1.29, 1.82) is 0 Å². The third kappa shape index (κ3) is 2.12. The van der Waals surface area contributed by atoms with Crippen LogP contribution in [0.15, 0.2) is 18.2 Å². The predicted molar refractivity (Wildman–Crippen MR) is 56.6 cm³/mol. The molecule has 0 aliphatic carbocycles. The zero-order valence-electron chi connectivity index (χ0n) is 8.92. The molecule has 0 bridgehead atoms. The van der Waals surface area contributed by atoms with E-state index in [1.54, 1.807) is 0 Å². The molecule has 1 aromatic rings. The van der Waals surface area contributed by atoms with Gasteiger partial charge in [0.2, 0.25) is 5.91 Å². The number of anilines is 1. The van der Waals surface area contributed by atoms with Gasteiger partial charge in [-0.1, -0.05) is 6.07 Å². The van der Waals surface area contributed by atoms with Gasteiger partial charge in [0.25, 0.3) is 0 Å². The Morgan fingerprint density at radius 2 is 2.06 bits per heavy atom. The van der Waals surface area contributed by atoms with E-state index in [-0.39, 0.29) is 25.4 Å². The van der Waals surface area contributed by atoms with Crippen molar-refractivity contribution in [3.63, 3.8) is 0 Å². The van der Waals surface area contributed by atoms with Crippen LogP contribution in [0.2, 0.25) is 0 Å². The van der Waals surface area contributed by atoms with Gasteiger partial charge in [0.1, 0.15) is 0 Å². The standard InChI is InChI=1S/C11H11F3N2O/c12-11(13,14)8-2-1-7-5-10(17)16(4-3-15)9(7)6-8/h1-2,6H,3-5,15H2. The van der Waals surface area contributed by atoms with Gasteiger partial charge in [-0.2, -0.15) is 13.2 Å². The van der Waals surface area contributed by atoms with Crippen molar-refractivity contribution in [2.45, 2.75) is 12.6 Å². The van der Waals surface area contributed by atoms with Crippen molar-refractivity contribution in [2.75, 3.05) is 18.0 Å². The van der Waals surface area contributed by atoms with Crippen LogP contribution in [0.5, 0.6) is 0 Å². The highest BCUT2D eigenvalue weighted by atomic mass is 19.4. The summed E-state index contributed by atoms with van der Waals surface area (Å²) in [6, 6.07) is 3.36. The Bertz CT molecular complexity index is 457. The van der Waals surface area contributed by atoms with E-state index in [9.17, 15) is 18.0 Å². The smallest absolute Gasteiger partial charge is 0.329 e. The van der Waals surface area contributed by atoms with Gasteiger partial charge >= 0.3 is 6.18 Å². The molecule has 0 atom stereocenters. The van der Waals surface area contributed by atoms with Crippen molar-refractivity contribution >= 4 is 11.6 Å². The second-order valence-electron chi connectivity index (χ2n) is 3.85. The minimum atomic E-state index is -4.39. The van der Waals surface area contributed by atoms with Crippen molar-refractivity contribution < 1.29 is 18.0 Å². The van der Waals surface area contributed by atoms with Crippen molar-refractivity contribution in [2.24, 2.45) is 5.73 Å². The highest BCUT2D eigenvalue weighted by molar-refractivity contribution is 6.01. The van der Waals surface area contributed by atoms with Crippen LogP contribution in [0.1, 0.15) is 11.1 Å². The summed E-state index contributed by atoms with van der Waals surface area (Å²) in [5.74, 6) is -0.204. The van der Waals surface area contributed by atoms with Crippen LogP contribution < -0.4 is 10.6 Å². The molecule has 1 heterocycles. The Hall–Kier alpha value is -1.56. The van der Waals surface area contributed by atoms with Crippen LogP contribution in [0.25, 0.3) is 0 Å². The van der Waals surface area contributed by atoms with Crippen LogP contribution in [0, 0.1) is 0 Å². The zero-order chi connectivity index (χ0) is 12.6. The second-order valence-corrected chi connectivity index (χ2v) is 3.85. The summed E-state index contributed by atoms with van der Waals surface area (Å²) in [7, 11) is 0.